The molecule has 2 aromatic rings. The van der Waals surface area contributed by atoms with Crippen LogP contribution in [0.1, 0.15) is 28.2 Å². The lowest BCUT2D eigenvalue weighted by atomic mass is 10.00. The van der Waals surface area contributed by atoms with Crippen LogP contribution in [-0.4, -0.2) is 20.2 Å². The summed E-state index contributed by atoms with van der Waals surface area (Å²) in [5.41, 5.74) is -1.89. The standard InChI is InChI=1S/C19H19F6NO/c1-26-10-15(14-5-3-2-4-6-14)12-27-11-13-7-16(18(20,21)22)9-17(8-13)19(23,24)25/h2-9,15,26H,10-12H2,1H3. The van der Waals surface area contributed by atoms with Crippen molar-refractivity contribution in [3.05, 3.63) is 70.8 Å². The van der Waals surface area contributed by atoms with Gasteiger partial charge in [-0.15, -0.1) is 0 Å². The summed E-state index contributed by atoms with van der Waals surface area (Å²) in [6.07, 6.45) is -9.73. The average Bonchev–Trinajstić information content (AvgIpc) is 2.60. The van der Waals surface area contributed by atoms with Gasteiger partial charge in [-0.05, 0) is 36.4 Å². The Bertz CT molecular complexity index is 695. The third kappa shape index (κ3) is 6.25. The third-order valence-corrected chi connectivity index (χ3v) is 3.96. The van der Waals surface area contributed by atoms with Gasteiger partial charge in [0.05, 0.1) is 24.3 Å². The van der Waals surface area contributed by atoms with Gasteiger partial charge in [0.2, 0.25) is 0 Å². The molecule has 0 spiro atoms. The maximum Gasteiger partial charge on any atom is 0.416 e. The molecule has 0 fully saturated rings. The first-order valence-corrected chi connectivity index (χ1v) is 8.17. The monoisotopic (exact) mass is 391 g/mol. The molecule has 0 saturated heterocycles. The number of likely N-dealkylation sites (N-methyl/N-ethyl adjacent to an activating group) is 1. The van der Waals surface area contributed by atoms with E-state index in [2.05, 4.69) is 5.32 Å². The van der Waals surface area contributed by atoms with Gasteiger partial charge in [0, 0.05) is 12.5 Å². The minimum absolute atomic E-state index is 0.0796. The molecule has 0 amide bonds. The number of hydrogen-bond donors (Lipinski definition) is 1. The van der Waals surface area contributed by atoms with Crippen LogP contribution in [0.5, 0.6) is 0 Å². The molecule has 2 nitrogen and oxygen atoms in total. The second kappa shape index (κ2) is 8.75. The largest absolute Gasteiger partial charge is 0.416 e. The van der Waals surface area contributed by atoms with Gasteiger partial charge in [0.25, 0.3) is 0 Å². The van der Waals surface area contributed by atoms with Crippen molar-refractivity contribution in [2.75, 3.05) is 20.2 Å². The van der Waals surface area contributed by atoms with Crippen LogP contribution in [0.25, 0.3) is 0 Å². The third-order valence-electron chi connectivity index (χ3n) is 3.96. The lowest BCUT2D eigenvalue weighted by Gasteiger charge is -2.18. The van der Waals surface area contributed by atoms with Crippen LogP contribution >= 0.6 is 0 Å². The molecule has 1 N–H and O–H groups in total. The number of ether oxygens (including phenoxy) is 1. The van der Waals surface area contributed by atoms with E-state index in [-0.39, 0.29) is 30.8 Å². The molecule has 0 heterocycles. The maximum atomic E-state index is 12.9. The number of hydrogen-bond acceptors (Lipinski definition) is 2. The van der Waals surface area contributed by atoms with E-state index < -0.39 is 23.5 Å². The van der Waals surface area contributed by atoms with Crippen molar-refractivity contribution in [2.45, 2.75) is 24.9 Å². The molecule has 0 bridgehead atoms. The number of rotatable bonds is 7. The summed E-state index contributed by atoms with van der Waals surface area (Å²) in [5.74, 6) is -0.0796. The van der Waals surface area contributed by atoms with Gasteiger partial charge >= 0.3 is 12.4 Å². The zero-order chi connectivity index (χ0) is 20.1. The minimum Gasteiger partial charge on any atom is -0.376 e. The number of alkyl halides is 6. The van der Waals surface area contributed by atoms with Crippen molar-refractivity contribution in [3.8, 4) is 0 Å². The Morgan fingerprint density at radius 1 is 0.889 bits per heavy atom. The zero-order valence-electron chi connectivity index (χ0n) is 14.5. The Balaban J connectivity index is 2.14. The van der Waals surface area contributed by atoms with Gasteiger partial charge in [0.15, 0.2) is 0 Å². The van der Waals surface area contributed by atoms with Gasteiger partial charge in [-0.1, -0.05) is 30.3 Å². The normalized spacial score (nSPS) is 13.6. The van der Waals surface area contributed by atoms with Crippen molar-refractivity contribution in [3.63, 3.8) is 0 Å². The van der Waals surface area contributed by atoms with Crippen molar-refractivity contribution in [1.82, 2.24) is 5.32 Å². The quantitative estimate of drug-likeness (QED) is 0.652. The molecule has 2 rings (SSSR count). The van der Waals surface area contributed by atoms with Crippen LogP contribution in [0.3, 0.4) is 0 Å². The smallest absolute Gasteiger partial charge is 0.376 e. The Morgan fingerprint density at radius 2 is 1.44 bits per heavy atom. The van der Waals surface area contributed by atoms with Crippen LogP contribution in [-0.2, 0) is 23.7 Å². The summed E-state index contributed by atoms with van der Waals surface area (Å²) in [6.45, 7) is 0.364. The van der Waals surface area contributed by atoms with Gasteiger partial charge < -0.3 is 10.1 Å². The SMILES string of the molecule is CNCC(COCc1cc(C(F)(F)F)cc(C(F)(F)F)c1)c1ccccc1. The van der Waals surface area contributed by atoms with Crippen LogP contribution in [0.15, 0.2) is 48.5 Å². The summed E-state index contributed by atoms with van der Waals surface area (Å²) in [7, 11) is 1.75. The predicted octanol–water partition coefficient (Wildman–Crippen LogP) is 5.24. The molecule has 1 atom stereocenters. The van der Waals surface area contributed by atoms with E-state index in [9.17, 15) is 26.3 Å². The highest BCUT2D eigenvalue weighted by atomic mass is 19.4. The molecule has 0 aromatic heterocycles. The van der Waals surface area contributed by atoms with Crippen LogP contribution in [0.2, 0.25) is 0 Å². The van der Waals surface area contributed by atoms with E-state index in [1.807, 2.05) is 30.3 Å². The average molecular weight is 391 g/mol. The molecule has 0 aliphatic heterocycles. The van der Waals surface area contributed by atoms with E-state index >= 15 is 0 Å². The molecular formula is C19H19F6NO. The second-order valence-electron chi connectivity index (χ2n) is 6.09. The van der Waals surface area contributed by atoms with E-state index in [4.69, 9.17) is 4.74 Å². The van der Waals surface area contributed by atoms with Crippen LogP contribution in [0, 0.1) is 0 Å². The van der Waals surface area contributed by atoms with Crippen LogP contribution in [0.4, 0.5) is 26.3 Å². The molecule has 27 heavy (non-hydrogen) atoms. The molecule has 8 heteroatoms. The topological polar surface area (TPSA) is 21.3 Å². The van der Waals surface area contributed by atoms with E-state index in [1.165, 1.54) is 0 Å². The Kier molecular flexibility index (Phi) is 6.89. The number of nitrogens with one attached hydrogen (secondary N) is 1. The summed E-state index contributed by atoms with van der Waals surface area (Å²) in [5, 5.41) is 3.00. The lowest BCUT2D eigenvalue weighted by Crippen LogP contribution is -2.21. The Labute approximate surface area is 153 Å². The number of halogens is 6. The maximum absolute atomic E-state index is 12.9. The molecule has 1 unspecified atom stereocenters. The highest BCUT2D eigenvalue weighted by Crippen LogP contribution is 2.36. The van der Waals surface area contributed by atoms with E-state index in [0.29, 0.717) is 18.7 Å². The predicted molar refractivity (Wildman–Crippen MR) is 89.2 cm³/mol. The summed E-state index contributed by atoms with van der Waals surface area (Å²) in [6, 6.07) is 10.8. The molecule has 0 aliphatic rings. The number of benzene rings is 2. The summed E-state index contributed by atoms with van der Waals surface area (Å²) < 4.78 is 82.8. The minimum atomic E-state index is -4.87. The molecule has 0 aliphatic carbocycles. The zero-order valence-corrected chi connectivity index (χ0v) is 14.5. The molecule has 0 radical (unpaired) electrons. The Hall–Kier alpha value is -2.06. The first-order valence-electron chi connectivity index (χ1n) is 8.17. The van der Waals surface area contributed by atoms with E-state index in [0.717, 1.165) is 5.56 Å². The fourth-order valence-corrected chi connectivity index (χ4v) is 2.67. The summed E-state index contributed by atoms with van der Waals surface area (Å²) >= 11 is 0. The summed E-state index contributed by atoms with van der Waals surface area (Å²) in [4.78, 5) is 0. The van der Waals surface area contributed by atoms with Crippen molar-refractivity contribution in [2.24, 2.45) is 0 Å². The highest BCUT2D eigenvalue weighted by molar-refractivity contribution is 5.33. The first-order chi connectivity index (χ1) is 12.6. The lowest BCUT2D eigenvalue weighted by molar-refractivity contribution is -0.143. The van der Waals surface area contributed by atoms with Gasteiger partial charge in [-0.25, -0.2) is 0 Å². The van der Waals surface area contributed by atoms with E-state index in [1.54, 1.807) is 7.05 Å². The first kappa shape index (κ1) is 21.2. The fourth-order valence-electron chi connectivity index (χ4n) is 2.67. The van der Waals surface area contributed by atoms with Gasteiger partial charge in [-0.3, -0.25) is 0 Å². The molecule has 0 saturated carbocycles. The van der Waals surface area contributed by atoms with Crippen molar-refractivity contribution in [1.29, 1.82) is 0 Å². The van der Waals surface area contributed by atoms with Gasteiger partial charge in [0.1, 0.15) is 0 Å². The van der Waals surface area contributed by atoms with Crippen molar-refractivity contribution >= 4 is 0 Å². The Morgan fingerprint density at radius 3 is 1.93 bits per heavy atom. The molecule has 148 valence electrons. The molecule has 2 aromatic carbocycles. The van der Waals surface area contributed by atoms with Crippen LogP contribution < -0.4 is 5.32 Å². The van der Waals surface area contributed by atoms with Gasteiger partial charge in [-0.2, -0.15) is 26.3 Å². The fraction of sp³-hybridized carbons (Fsp3) is 0.368. The highest BCUT2D eigenvalue weighted by Gasteiger charge is 2.36. The second-order valence-corrected chi connectivity index (χ2v) is 6.09. The molecular weight excluding hydrogens is 372 g/mol. The van der Waals surface area contributed by atoms with Crippen molar-refractivity contribution < 1.29 is 31.1 Å².